The Morgan fingerprint density at radius 3 is 2.95 bits per heavy atom. The summed E-state index contributed by atoms with van der Waals surface area (Å²) in [4.78, 5) is 7.96. The molecular weight excluding hydrogens is 283 g/mol. The summed E-state index contributed by atoms with van der Waals surface area (Å²) in [5, 5.41) is 3.23. The Balaban J connectivity index is 2.27. The fourth-order valence-electron chi connectivity index (χ4n) is 1.51. The van der Waals surface area contributed by atoms with E-state index in [1.807, 2.05) is 6.92 Å². The van der Waals surface area contributed by atoms with E-state index in [2.05, 4.69) is 15.3 Å². The summed E-state index contributed by atoms with van der Waals surface area (Å²) in [6, 6.07) is 3.98. The number of benzene rings is 1. The third kappa shape index (κ3) is 3.27. The van der Waals surface area contributed by atoms with E-state index in [-0.39, 0.29) is 11.6 Å². The van der Waals surface area contributed by atoms with Crippen molar-refractivity contribution >= 4 is 28.8 Å². The third-order valence-corrected chi connectivity index (χ3v) is 2.80. The summed E-state index contributed by atoms with van der Waals surface area (Å²) in [7, 11) is 0. The lowest BCUT2D eigenvalue weighted by Crippen LogP contribution is -2.06. The van der Waals surface area contributed by atoms with Crippen LogP contribution in [-0.4, -0.2) is 16.6 Å². The topological polar surface area (TPSA) is 73.1 Å². The van der Waals surface area contributed by atoms with Gasteiger partial charge in [-0.1, -0.05) is 18.5 Å². The first-order valence-corrected chi connectivity index (χ1v) is 6.45. The molecule has 0 saturated heterocycles. The zero-order valence-electron chi connectivity index (χ0n) is 10.9. The van der Waals surface area contributed by atoms with E-state index in [1.54, 1.807) is 0 Å². The Labute approximate surface area is 120 Å². The van der Waals surface area contributed by atoms with Crippen LogP contribution in [0.5, 0.6) is 5.88 Å². The van der Waals surface area contributed by atoms with Gasteiger partial charge in [-0.05, 0) is 24.6 Å². The number of rotatable bonds is 5. The fraction of sp³-hybridized carbons (Fsp3) is 0.231. The minimum Gasteiger partial charge on any atom is -0.476 e. The second-order valence-corrected chi connectivity index (χ2v) is 4.45. The maximum absolute atomic E-state index is 13.2. The standard InChI is InChI=1S/C13H14ClFN4O/c1-2-5-20-13-11(16)12(17-7-18-13)19-10-6-8(15)3-4-9(10)14/h3-4,6-7H,2,5,16H2,1H3,(H,17,18,19). The smallest absolute Gasteiger partial charge is 0.242 e. The van der Waals surface area contributed by atoms with Gasteiger partial charge in [-0.3, -0.25) is 0 Å². The van der Waals surface area contributed by atoms with E-state index >= 15 is 0 Å². The molecule has 106 valence electrons. The van der Waals surface area contributed by atoms with Gasteiger partial charge < -0.3 is 15.8 Å². The highest BCUT2D eigenvalue weighted by Gasteiger charge is 2.11. The summed E-state index contributed by atoms with van der Waals surface area (Å²) < 4.78 is 18.6. The number of anilines is 3. The van der Waals surface area contributed by atoms with Crippen LogP contribution in [0.25, 0.3) is 0 Å². The van der Waals surface area contributed by atoms with Crippen molar-refractivity contribution in [2.75, 3.05) is 17.7 Å². The van der Waals surface area contributed by atoms with Crippen molar-refractivity contribution in [2.24, 2.45) is 0 Å². The molecule has 0 atom stereocenters. The van der Waals surface area contributed by atoms with Gasteiger partial charge in [-0.2, -0.15) is 4.98 Å². The highest BCUT2D eigenvalue weighted by molar-refractivity contribution is 6.33. The molecule has 7 heteroatoms. The molecule has 1 aromatic heterocycles. The first-order chi connectivity index (χ1) is 9.61. The zero-order chi connectivity index (χ0) is 14.5. The second kappa shape index (κ2) is 6.38. The predicted octanol–water partition coefficient (Wildman–Crippen LogP) is 3.38. The molecule has 0 aliphatic rings. The summed E-state index contributed by atoms with van der Waals surface area (Å²) in [6.45, 7) is 2.48. The lowest BCUT2D eigenvalue weighted by Gasteiger charge is -2.12. The van der Waals surface area contributed by atoms with Crippen molar-refractivity contribution in [1.29, 1.82) is 0 Å². The Bertz CT molecular complexity index is 609. The maximum atomic E-state index is 13.2. The average Bonchev–Trinajstić information content (AvgIpc) is 2.44. The highest BCUT2D eigenvalue weighted by atomic mass is 35.5. The first kappa shape index (κ1) is 14.3. The van der Waals surface area contributed by atoms with Crippen LogP contribution in [0.15, 0.2) is 24.5 Å². The van der Waals surface area contributed by atoms with Crippen LogP contribution in [0.1, 0.15) is 13.3 Å². The monoisotopic (exact) mass is 296 g/mol. The van der Waals surface area contributed by atoms with Crippen LogP contribution in [0.2, 0.25) is 5.02 Å². The molecule has 0 radical (unpaired) electrons. The normalized spacial score (nSPS) is 10.3. The van der Waals surface area contributed by atoms with Gasteiger partial charge >= 0.3 is 0 Å². The summed E-state index contributed by atoms with van der Waals surface area (Å²) >= 11 is 5.98. The number of aromatic nitrogens is 2. The van der Waals surface area contributed by atoms with Crippen LogP contribution < -0.4 is 15.8 Å². The van der Waals surface area contributed by atoms with E-state index in [4.69, 9.17) is 22.1 Å². The second-order valence-electron chi connectivity index (χ2n) is 4.04. The number of nitrogen functional groups attached to an aromatic ring is 1. The molecule has 0 spiro atoms. The van der Waals surface area contributed by atoms with E-state index in [0.29, 0.717) is 23.1 Å². The molecule has 0 bridgehead atoms. The molecule has 1 heterocycles. The van der Waals surface area contributed by atoms with Gasteiger partial charge in [0.15, 0.2) is 5.82 Å². The first-order valence-electron chi connectivity index (χ1n) is 6.07. The molecular formula is C13H14ClFN4O. The molecule has 1 aromatic carbocycles. The molecule has 20 heavy (non-hydrogen) atoms. The number of ether oxygens (including phenoxy) is 1. The van der Waals surface area contributed by atoms with Crippen molar-refractivity contribution in [3.63, 3.8) is 0 Å². The molecule has 0 unspecified atom stereocenters. The van der Waals surface area contributed by atoms with Crippen molar-refractivity contribution in [3.8, 4) is 5.88 Å². The number of halogens is 2. The largest absolute Gasteiger partial charge is 0.476 e. The predicted molar refractivity (Wildman–Crippen MR) is 76.9 cm³/mol. The fourth-order valence-corrected chi connectivity index (χ4v) is 1.68. The summed E-state index contributed by atoms with van der Waals surface area (Å²) in [6.07, 6.45) is 2.15. The van der Waals surface area contributed by atoms with Crippen LogP contribution in [-0.2, 0) is 0 Å². The number of nitrogens with one attached hydrogen (secondary N) is 1. The van der Waals surface area contributed by atoms with Crippen LogP contribution in [0.4, 0.5) is 21.6 Å². The quantitative estimate of drug-likeness (QED) is 0.885. The van der Waals surface area contributed by atoms with Gasteiger partial charge in [-0.15, -0.1) is 0 Å². The van der Waals surface area contributed by atoms with Crippen molar-refractivity contribution in [3.05, 3.63) is 35.4 Å². The van der Waals surface area contributed by atoms with Gasteiger partial charge in [0.2, 0.25) is 5.88 Å². The van der Waals surface area contributed by atoms with Crippen LogP contribution in [0.3, 0.4) is 0 Å². The Morgan fingerprint density at radius 2 is 2.20 bits per heavy atom. The van der Waals surface area contributed by atoms with Crippen molar-refractivity contribution in [2.45, 2.75) is 13.3 Å². The highest BCUT2D eigenvalue weighted by Crippen LogP contribution is 2.30. The number of nitrogens with zero attached hydrogens (tertiary/aromatic N) is 2. The molecule has 0 aliphatic heterocycles. The maximum Gasteiger partial charge on any atom is 0.242 e. The molecule has 3 N–H and O–H groups in total. The average molecular weight is 297 g/mol. The van der Waals surface area contributed by atoms with Crippen LogP contribution >= 0.6 is 11.6 Å². The molecule has 5 nitrogen and oxygen atoms in total. The van der Waals surface area contributed by atoms with E-state index in [0.717, 1.165) is 6.42 Å². The minimum absolute atomic E-state index is 0.251. The molecule has 0 aliphatic carbocycles. The van der Waals surface area contributed by atoms with Gasteiger partial charge in [0.25, 0.3) is 0 Å². The molecule has 2 rings (SSSR count). The van der Waals surface area contributed by atoms with E-state index < -0.39 is 5.82 Å². The minimum atomic E-state index is -0.410. The zero-order valence-corrected chi connectivity index (χ0v) is 11.6. The van der Waals surface area contributed by atoms with E-state index in [9.17, 15) is 4.39 Å². The summed E-state index contributed by atoms with van der Waals surface area (Å²) in [5.41, 5.74) is 6.54. The summed E-state index contributed by atoms with van der Waals surface area (Å²) in [5.74, 6) is 0.197. The third-order valence-electron chi connectivity index (χ3n) is 2.47. The van der Waals surface area contributed by atoms with Crippen molar-refractivity contribution in [1.82, 2.24) is 9.97 Å². The Morgan fingerprint density at radius 1 is 1.40 bits per heavy atom. The van der Waals surface area contributed by atoms with Crippen LogP contribution in [0, 0.1) is 5.82 Å². The lowest BCUT2D eigenvalue weighted by molar-refractivity contribution is 0.307. The van der Waals surface area contributed by atoms with E-state index in [1.165, 1.54) is 24.5 Å². The van der Waals surface area contributed by atoms with Crippen molar-refractivity contribution < 1.29 is 9.13 Å². The number of nitrogens with two attached hydrogens (primary N) is 1. The van der Waals surface area contributed by atoms with Gasteiger partial charge in [-0.25, -0.2) is 9.37 Å². The molecule has 0 amide bonds. The SMILES string of the molecule is CCCOc1ncnc(Nc2cc(F)ccc2Cl)c1N. The lowest BCUT2D eigenvalue weighted by atomic mass is 10.3. The van der Waals surface area contributed by atoms with Gasteiger partial charge in [0, 0.05) is 0 Å². The van der Waals surface area contributed by atoms with Gasteiger partial charge in [0.05, 0.1) is 17.3 Å². The number of hydrogen-bond donors (Lipinski definition) is 2. The molecule has 2 aromatic rings. The van der Waals surface area contributed by atoms with Gasteiger partial charge in [0.1, 0.15) is 17.8 Å². The number of hydrogen-bond acceptors (Lipinski definition) is 5. The Hall–Kier alpha value is -2.08. The molecule has 0 fully saturated rings. The molecule has 0 saturated carbocycles. The Kier molecular flexibility index (Phi) is 4.57.